The molecule has 2 rings (SSSR count). The predicted octanol–water partition coefficient (Wildman–Crippen LogP) is 2.49. The van der Waals surface area contributed by atoms with Gasteiger partial charge in [-0.3, -0.25) is 9.59 Å². The highest BCUT2D eigenvalue weighted by atomic mass is 19.4. The molecule has 0 unspecified atom stereocenters. The molecule has 0 fully saturated rings. The number of carbonyl (C=O) groups is 2. The van der Waals surface area contributed by atoms with Crippen molar-refractivity contribution in [3.8, 4) is 11.3 Å². The summed E-state index contributed by atoms with van der Waals surface area (Å²) in [4.78, 5) is 22.7. The van der Waals surface area contributed by atoms with E-state index in [2.05, 4.69) is 10.5 Å². The van der Waals surface area contributed by atoms with Gasteiger partial charge in [0.15, 0.2) is 11.6 Å². The summed E-state index contributed by atoms with van der Waals surface area (Å²) in [5.41, 5.74) is 0.119. The Balaban J connectivity index is 1.91. The van der Waals surface area contributed by atoms with Gasteiger partial charge in [-0.1, -0.05) is 17.3 Å². The zero-order valence-corrected chi connectivity index (χ0v) is 12.0. The van der Waals surface area contributed by atoms with Gasteiger partial charge in [0.2, 0.25) is 11.8 Å². The number of halogens is 4. The van der Waals surface area contributed by atoms with Gasteiger partial charge in [0.1, 0.15) is 18.8 Å². The van der Waals surface area contributed by atoms with Crippen LogP contribution in [0.5, 0.6) is 0 Å². The first kappa shape index (κ1) is 17.4. The van der Waals surface area contributed by atoms with E-state index in [0.29, 0.717) is 0 Å². The number of alkyl halides is 3. The molecule has 2 N–H and O–H groups in total. The smallest absolute Gasteiger partial charge is 0.354 e. The molecule has 0 saturated carbocycles. The highest BCUT2D eigenvalue weighted by Crippen LogP contribution is 2.24. The van der Waals surface area contributed by atoms with Crippen LogP contribution in [0.15, 0.2) is 34.9 Å². The van der Waals surface area contributed by atoms with E-state index in [4.69, 9.17) is 4.52 Å². The van der Waals surface area contributed by atoms with Crippen LogP contribution >= 0.6 is 0 Å². The first-order chi connectivity index (χ1) is 11.2. The van der Waals surface area contributed by atoms with Gasteiger partial charge in [-0.2, -0.15) is 13.2 Å². The summed E-state index contributed by atoms with van der Waals surface area (Å²) in [6, 6.07) is 6.93. The van der Waals surface area contributed by atoms with Crippen LogP contribution in [0.4, 0.5) is 23.4 Å². The summed E-state index contributed by atoms with van der Waals surface area (Å²) in [6.45, 7) is -1.53. The van der Waals surface area contributed by atoms with Crippen molar-refractivity contribution in [3.63, 3.8) is 0 Å². The van der Waals surface area contributed by atoms with Crippen LogP contribution in [0, 0.1) is 5.82 Å². The van der Waals surface area contributed by atoms with Crippen LogP contribution in [0.2, 0.25) is 0 Å². The zero-order chi connectivity index (χ0) is 17.7. The Morgan fingerprint density at radius 3 is 2.54 bits per heavy atom. The van der Waals surface area contributed by atoms with Gasteiger partial charge in [-0.15, -0.1) is 0 Å². The molecule has 0 aliphatic carbocycles. The fourth-order valence-corrected chi connectivity index (χ4v) is 1.72. The molecule has 0 saturated heterocycles. The Labute approximate surface area is 132 Å². The summed E-state index contributed by atoms with van der Waals surface area (Å²) in [5, 5.41) is 7.21. The van der Waals surface area contributed by atoms with E-state index < -0.39 is 36.8 Å². The van der Waals surface area contributed by atoms with Gasteiger partial charge in [-0.05, 0) is 12.1 Å². The molecule has 0 radical (unpaired) electrons. The maximum Gasteiger partial charge on any atom is 0.405 e. The summed E-state index contributed by atoms with van der Waals surface area (Å²) in [7, 11) is 0. The SMILES string of the molecule is O=C(CC(=O)Nc1cc(-c2ccccc2F)on1)NCC(F)(F)F. The van der Waals surface area contributed by atoms with E-state index in [1.54, 1.807) is 11.4 Å². The highest BCUT2D eigenvalue weighted by molar-refractivity contribution is 6.03. The van der Waals surface area contributed by atoms with Crippen molar-refractivity contribution in [2.24, 2.45) is 0 Å². The fourth-order valence-electron chi connectivity index (χ4n) is 1.72. The molecule has 1 aromatic heterocycles. The maximum atomic E-state index is 13.6. The lowest BCUT2D eigenvalue weighted by Gasteiger charge is -2.07. The minimum atomic E-state index is -4.56. The first-order valence-electron chi connectivity index (χ1n) is 6.59. The number of nitrogens with one attached hydrogen (secondary N) is 2. The molecule has 0 aliphatic heterocycles. The second-order valence-corrected chi connectivity index (χ2v) is 4.67. The highest BCUT2D eigenvalue weighted by Gasteiger charge is 2.28. The number of hydrogen-bond acceptors (Lipinski definition) is 4. The lowest BCUT2D eigenvalue weighted by Crippen LogP contribution is -2.35. The van der Waals surface area contributed by atoms with Crippen LogP contribution in [0.3, 0.4) is 0 Å². The van der Waals surface area contributed by atoms with Crippen molar-refractivity contribution >= 4 is 17.6 Å². The van der Waals surface area contributed by atoms with Crippen LogP contribution in [0.1, 0.15) is 6.42 Å². The van der Waals surface area contributed by atoms with Gasteiger partial charge in [0, 0.05) is 6.07 Å². The third-order valence-electron chi connectivity index (χ3n) is 2.72. The number of hydrogen-bond donors (Lipinski definition) is 2. The summed E-state index contributed by atoms with van der Waals surface area (Å²) in [5.74, 6) is -2.59. The van der Waals surface area contributed by atoms with Crippen molar-refractivity contribution in [2.75, 3.05) is 11.9 Å². The van der Waals surface area contributed by atoms with Crippen molar-refractivity contribution < 1.29 is 31.7 Å². The van der Waals surface area contributed by atoms with E-state index in [0.717, 1.165) is 0 Å². The summed E-state index contributed by atoms with van der Waals surface area (Å²) in [6.07, 6.45) is -5.38. The van der Waals surface area contributed by atoms with Crippen molar-refractivity contribution in [2.45, 2.75) is 12.6 Å². The van der Waals surface area contributed by atoms with E-state index in [1.165, 1.54) is 24.3 Å². The second-order valence-electron chi connectivity index (χ2n) is 4.67. The number of carbonyl (C=O) groups excluding carboxylic acids is 2. The number of anilines is 1. The van der Waals surface area contributed by atoms with Gasteiger partial charge in [-0.25, -0.2) is 4.39 Å². The van der Waals surface area contributed by atoms with Crippen molar-refractivity contribution in [3.05, 3.63) is 36.1 Å². The molecule has 1 heterocycles. The first-order valence-corrected chi connectivity index (χ1v) is 6.59. The molecule has 0 aliphatic rings. The molecule has 0 bridgehead atoms. The molecule has 24 heavy (non-hydrogen) atoms. The Morgan fingerprint density at radius 2 is 1.88 bits per heavy atom. The van der Waals surface area contributed by atoms with E-state index in [9.17, 15) is 27.2 Å². The van der Waals surface area contributed by atoms with Gasteiger partial charge in [0.05, 0.1) is 5.56 Å². The van der Waals surface area contributed by atoms with Crippen LogP contribution in [0.25, 0.3) is 11.3 Å². The lowest BCUT2D eigenvalue weighted by atomic mass is 10.1. The molecular formula is C14H11F4N3O3. The third kappa shape index (κ3) is 5.07. The maximum absolute atomic E-state index is 13.6. The molecule has 6 nitrogen and oxygen atoms in total. The average molecular weight is 345 g/mol. The monoisotopic (exact) mass is 345 g/mol. The number of amides is 2. The Kier molecular flexibility index (Phi) is 5.17. The molecule has 2 aromatic rings. The number of rotatable bonds is 5. The topological polar surface area (TPSA) is 84.2 Å². The second kappa shape index (κ2) is 7.11. The molecule has 0 atom stereocenters. The van der Waals surface area contributed by atoms with E-state index >= 15 is 0 Å². The number of nitrogens with zero attached hydrogens (tertiary/aromatic N) is 1. The Morgan fingerprint density at radius 1 is 1.17 bits per heavy atom. The molecule has 10 heteroatoms. The van der Waals surface area contributed by atoms with Gasteiger partial charge < -0.3 is 15.2 Å². The minimum absolute atomic E-state index is 0.0462. The van der Waals surface area contributed by atoms with Crippen LogP contribution in [-0.4, -0.2) is 29.7 Å². The Hall–Kier alpha value is -2.91. The summed E-state index contributed by atoms with van der Waals surface area (Å²) >= 11 is 0. The third-order valence-corrected chi connectivity index (χ3v) is 2.72. The average Bonchev–Trinajstić information content (AvgIpc) is 2.93. The molecule has 1 aromatic carbocycles. The Bertz CT molecular complexity index is 743. The molecular weight excluding hydrogens is 334 g/mol. The van der Waals surface area contributed by atoms with Crippen LogP contribution in [-0.2, 0) is 9.59 Å². The molecule has 128 valence electrons. The van der Waals surface area contributed by atoms with E-state index in [-0.39, 0.29) is 17.1 Å². The van der Waals surface area contributed by atoms with Crippen molar-refractivity contribution in [1.82, 2.24) is 10.5 Å². The van der Waals surface area contributed by atoms with Gasteiger partial charge >= 0.3 is 6.18 Å². The lowest BCUT2D eigenvalue weighted by molar-refractivity contribution is -0.140. The predicted molar refractivity (Wildman–Crippen MR) is 74.2 cm³/mol. The molecule has 2 amide bonds. The number of aromatic nitrogens is 1. The van der Waals surface area contributed by atoms with E-state index in [1.807, 2.05) is 0 Å². The van der Waals surface area contributed by atoms with Gasteiger partial charge in [0.25, 0.3) is 0 Å². The summed E-state index contributed by atoms with van der Waals surface area (Å²) < 4.78 is 54.2. The normalized spacial score (nSPS) is 11.2. The zero-order valence-electron chi connectivity index (χ0n) is 12.0. The fraction of sp³-hybridized carbons (Fsp3) is 0.214. The standard InChI is InChI=1S/C14H11F4N3O3/c15-9-4-2-1-3-8(9)10-5-11(21-24-10)20-13(23)6-12(22)19-7-14(16,17)18/h1-5H,6-7H2,(H,19,22)(H,20,21,23). The largest absolute Gasteiger partial charge is 0.405 e. The number of benzene rings is 1. The van der Waals surface area contributed by atoms with Crippen molar-refractivity contribution in [1.29, 1.82) is 0 Å². The quantitative estimate of drug-likeness (QED) is 0.644. The molecule has 0 spiro atoms. The minimum Gasteiger partial charge on any atom is -0.354 e. The van der Waals surface area contributed by atoms with Crippen LogP contribution < -0.4 is 10.6 Å².